The van der Waals surface area contributed by atoms with Gasteiger partial charge in [-0.15, -0.1) is 0 Å². The van der Waals surface area contributed by atoms with Crippen LogP contribution in [0.15, 0.2) is 17.2 Å². The molecule has 3 rings (SSSR count). The Morgan fingerprint density at radius 2 is 2.22 bits per heavy atom. The molecule has 4 N–H and O–H groups in total. The third-order valence-corrected chi connectivity index (χ3v) is 4.77. The van der Waals surface area contributed by atoms with Crippen molar-refractivity contribution in [2.45, 2.75) is 38.8 Å². The minimum absolute atomic E-state index is 0.244. The molecule has 0 unspecified atom stereocenters. The zero-order valence-corrected chi connectivity index (χ0v) is 14.9. The highest BCUT2D eigenvalue weighted by Crippen LogP contribution is 2.37. The smallest absolute Gasteiger partial charge is 0.312 e. The second kappa shape index (κ2) is 8.73. The predicted octanol–water partition coefficient (Wildman–Crippen LogP) is -0.444. The maximum atomic E-state index is 12.0. The van der Waals surface area contributed by atoms with E-state index in [1.807, 2.05) is 11.8 Å². The zero-order valence-electron chi connectivity index (χ0n) is 14.9. The van der Waals surface area contributed by atoms with Gasteiger partial charge in [0, 0.05) is 19.2 Å². The van der Waals surface area contributed by atoms with Gasteiger partial charge in [-0.05, 0) is 19.4 Å². The monoisotopic (exact) mass is 381 g/mol. The second-order valence-corrected chi connectivity index (χ2v) is 6.43. The number of carboxylic acids is 1. The third-order valence-electron chi connectivity index (χ3n) is 4.77. The molecule has 0 radical (unpaired) electrons. The number of nitrogens with one attached hydrogen (secondary N) is 1. The minimum Gasteiger partial charge on any atom is -0.483 e. The molecule has 1 aliphatic heterocycles. The van der Waals surface area contributed by atoms with E-state index in [9.17, 15) is 19.8 Å². The number of hydrogen-bond donors (Lipinski definition) is 4. The summed E-state index contributed by atoms with van der Waals surface area (Å²) in [7, 11) is 0. The predicted molar refractivity (Wildman–Crippen MR) is 93.2 cm³/mol. The second-order valence-electron chi connectivity index (χ2n) is 6.43. The highest BCUT2D eigenvalue weighted by Gasteiger charge is 2.47. The molecule has 0 aromatic carbocycles. The number of likely N-dealkylation sites (tertiary alicyclic amines) is 1. The first-order valence-corrected chi connectivity index (χ1v) is 8.51. The van der Waals surface area contributed by atoms with Crippen molar-refractivity contribution in [3.05, 3.63) is 28.4 Å². The van der Waals surface area contributed by atoms with Crippen LogP contribution in [0.25, 0.3) is 5.78 Å². The van der Waals surface area contributed by atoms with Gasteiger partial charge in [0.15, 0.2) is 0 Å². The van der Waals surface area contributed by atoms with Crippen LogP contribution in [-0.4, -0.2) is 71.4 Å². The number of aliphatic hydroxyl groups is 1. The lowest BCUT2D eigenvalue weighted by atomic mass is 9.73. The molecular weight excluding hydrogens is 358 g/mol. The van der Waals surface area contributed by atoms with Crippen molar-refractivity contribution in [1.29, 1.82) is 0 Å². The maximum Gasteiger partial charge on any atom is 0.312 e. The number of aromatic amines is 1. The Hall–Kier alpha value is -2.79. The molecule has 27 heavy (non-hydrogen) atoms. The lowest BCUT2D eigenvalue weighted by molar-refractivity contribution is -0.164. The van der Waals surface area contributed by atoms with E-state index < -0.39 is 17.5 Å². The summed E-state index contributed by atoms with van der Waals surface area (Å²) in [5.41, 5.74) is -0.779. The van der Waals surface area contributed by atoms with E-state index in [1.54, 1.807) is 0 Å². The number of β-amino-alcohol motifs (C(OH)–C–C–N with tert-alkyl or cyclic N) is 1. The van der Waals surface area contributed by atoms with Crippen LogP contribution in [-0.2, 0) is 16.1 Å². The Kier molecular flexibility index (Phi) is 6.64. The average Bonchev–Trinajstić information content (AvgIpc) is 3.07. The molecule has 11 heteroatoms. The molecule has 0 bridgehead atoms. The third kappa shape index (κ3) is 4.31. The summed E-state index contributed by atoms with van der Waals surface area (Å²) in [6.45, 7) is 2.82. The molecular formula is C16H23N5O6. The van der Waals surface area contributed by atoms with Gasteiger partial charge in [0.25, 0.3) is 17.8 Å². The van der Waals surface area contributed by atoms with Crippen molar-refractivity contribution in [2.75, 3.05) is 13.1 Å². The molecule has 0 aliphatic carbocycles. The van der Waals surface area contributed by atoms with E-state index in [-0.39, 0.29) is 18.6 Å². The molecule has 0 amide bonds. The van der Waals surface area contributed by atoms with Crippen molar-refractivity contribution in [3.63, 3.8) is 0 Å². The van der Waals surface area contributed by atoms with Crippen LogP contribution >= 0.6 is 0 Å². The topological polar surface area (TPSA) is 161 Å². The standard InChI is InChI=1S/C15H21N5O4.CH2O2/c1-2-3-15(13(23)24)4-5-19(8-11(15)21)7-10-6-12(22)20-14(18-10)16-9-17-20;2-1-3/h6,9,11,21H,2-5,7-8H2,1H3,(H,23,24)(H,16,17,18);1H,(H,2,3)/t11-,15-;/m0./s1. The summed E-state index contributed by atoms with van der Waals surface area (Å²) in [4.78, 5) is 42.2. The highest BCUT2D eigenvalue weighted by atomic mass is 16.4. The normalized spacial score (nSPS) is 22.8. The van der Waals surface area contributed by atoms with Crippen LogP contribution in [0.3, 0.4) is 0 Å². The molecule has 2 atom stereocenters. The molecule has 3 heterocycles. The average molecular weight is 381 g/mol. The molecule has 11 nitrogen and oxygen atoms in total. The fraction of sp³-hybridized carbons (Fsp3) is 0.562. The first-order valence-electron chi connectivity index (χ1n) is 8.51. The van der Waals surface area contributed by atoms with Crippen LogP contribution < -0.4 is 5.56 Å². The van der Waals surface area contributed by atoms with Gasteiger partial charge >= 0.3 is 5.97 Å². The molecule has 0 saturated carbocycles. The fourth-order valence-electron chi connectivity index (χ4n) is 3.45. The van der Waals surface area contributed by atoms with Crippen LogP contribution in [0.5, 0.6) is 0 Å². The number of piperidine rings is 1. The Bertz CT molecular complexity index is 849. The molecule has 2 aromatic rings. The van der Waals surface area contributed by atoms with Crippen LogP contribution in [0.1, 0.15) is 31.9 Å². The first-order chi connectivity index (χ1) is 12.9. The van der Waals surface area contributed by atoms with E-state index in [2.05, 4.69) is 15.1 Å². The minimum atomic E-state index is -1.08. The molecule has 0 spiro atoms. The van der Waals surface area contributed by atoms with Gasteiger partial charge in [-0.25, -0.2) is 9.97 Å². The highest BCUT2D eigenvalue weighted by molar-refractivity contribution is 5.75. The number of rotatable bonds is 5. The van der Waals surface area contributed by atoms with Crippen molar-refractivity contribution in [2.24, 2.45) is 5.41 Å². The Labute approximate surface area is 154 Å². The van der Waals surface area contributed by atoms with Crippen molar-refractivity contribution >= 4 is 18.2 Å². The maximum absolute atomic E-state index is 12.0. The van der Waals surface area contributed by atoms with Crippen LogP contribution in [0.2, 0.25) is 0 Å². The Morgan fingerprint density at radius 3 is 2.81 bits per heavy atom. The van der Waals surface area contributed by atoms with E-state index >= 15 is 0 Å². The van der Waals surface area contributed by atoms with Gasteiger partial charge in [0.05, 0.1) is 17.2 Å². The SMILES string of the molecule is CCC[C@]1(C(=O)O)CCN(Cc2cc(=O)n3[nH]cnc3n2)C[C@@H]1O.O=CO. The summed E-state index contributed by atoms with van der Waals surface area (Å²) in [5, 5.41) is 29.6. The number of hydrogen-bond acceptors (Lipinski definition) is 7. The number of nitrogens with zero attached hydrogens (tertiary/aromatic N) is 4. The number of carboxylic acid groups (broad SMARTS) is 2. The quantitative estimate of drug-likeness (QED) is 0.503. The van der Waals surface area contributed by atoms with Gasteiger partial charge in [0.1, 0.15) is 6.33 Å². The van der Waals surface area contributed by atoms with Gasteiger partial charge < -0.3 is 15.3 Å². The van der Waals surface area contributed by atoms with E-state index in [4.69, 9.17) is 9.90 Å². The summed E-state index contributed by atoms with van der Waals surface area (Å²) in [6, 6.07) is 1.42. The lowest BCUT2D eigenvalue weighted by Gasteiger charge is -2.42. The number of H-pyrrole nitrogens is 1. The number of fused-ring (bicyclic) bond motifs is 1. The Balaban J connectivity index is 0.000000817. The van der Waals surface area contributed by atoms with Gasteiger partial charge in [-0.3, -0.25) is 24.4 Å². The molecule has 1 fully saturated rings. The summed E-state index contributed by atoms with van der Waals surface area (Å²) in [5.74, 6) is -0.647. The summed E-state index contributed by atoms with van der Waals surface area (Å²) in [6.07, 6.45) is 1.98. The molecule has 2 aromatic heterocycles. The van der Waals surface area contributed by atoms with E-state index in [0.29, 0.717) is 43.8 Å². The number of aromatic nitrogens is 4. The number of aliphatic carboxylic acids is 1. The number of carbonyl (C=O) groups is 2. The summed E-state index contributed by atoms with van der Waals surface area (Å²) >= 11 is 0. The Morgan fingerprint density at radius 1 is 1.52 bits per heavy atom. The summed E-state index contributed by atoms with van der Waals surface area (Å²) < 4.78 is 1.24. The molecule has 1 saturated heterocycles. The van der Waals surface area contributed by atoms with Gasteiger partial charge in [-0.2, -0.15) is 4.52 Å². The zero-order chi connectivity index (χ0) is 20.0. The van der Waals surface area contributed by atoms with Crippen LogP contribution in [0, 0.1) is 5.41 Å². The number of aliphatic hydroxyl groups excluding tert-OH is 1. The van der Waals surface area contributed by atoms with Crippen molar-refractivity contribution in [3.8, 4) is 0 Å². The fourth-order valence-corrected chi connectivity index (χ4v) is 3.45. The largest absolute Gasteiger partial charge is 0.483 e. The van der Waals surface area contributed by atoms with Gasteiger partial charge in [-0.1, -0.05) is 13.3 Å². The first kappa shape index (κ1) is 20.5. The van der Waals surface area contributed by atoms with Crippen LogP contribution in [0.4, 0.5) is 0 Å². The molecule has 1 aliphatic rings. The molecule has 148 valence electrons. The van der Waals surface area contributed by atoms with Crippen molar-refractivity contribution in [1.82, 2.24) is 24.5 Å². The van der Waals surface area contributed by atoms with Crippen molar-refractivity contribution < 1.29 is 24.9 Å². The van der Waals surface area contributed by atoms with Gasteiger partial charge in [0.2, 0.25) is 0 Å². The lowest BCUT2D eigenvalue weighted by Crippen LogP contribution is -2.54. The van der Waals surface area contributed by atoms with E-state index in [0.717, 1.165) is 0 Å². The van der Waals surface area contributed by atoms with E-state index in [1.165, 1.54) is 16.9 Å².